The number of rotatable bonds is 7. The lowest BCUT2D eigenvalue weighted by Gasteiger charge is -2.22. The molecule has 1 aromatic carbocycles. The van der Waals surface area contributed by atoms with Crippen LogP contribution in [0, 0.1) is 5.92 Å². The number of carboxylic acid groups (broad SMARTS) is 1. The van der Waals surface area contributed by atoms with Gasteiger partial charge in [-0.25, -0.2) is 17.9 Å². The number of benzene rings is 1. The van der Waals surface area contributed by atoms with Crippen molar-refractivity contribution in [2.24, 2.45) is 5.92 Å². The lowest BCUT2D eigenvalue weighted by molar-refractivity contribution is 0.0696. The van der Waals surface area contributed by atoms with E-state index in [9.17, 15) is 13.2 Å². The number of halogens is 1. The Labute approximate surface area is 133 Å². The maximum Gasteiger partial charge on any atom is 0.335 e. The average Bonchev–Trinajstić information content (AvgIpc) is 2.39. The Morgan fingerprint density at radius 1 is 1.33 bits per heavy atom. The molecule has 1 atom stereocenters. The molecule has 0 heterocycles. The van der Waals surface area contributed by atoms with Crippen LogP contribution in [0.25, 0.3) is 0 Å². The molecule has 0 aromatic heterocycles. The molecule has 5 nitrogen and oxygen atoms in total. The molecule has 1 rings (SSSR count). The highest BCUT2D eigenvalue weighted by molar-refractivity contribution is 9.10. The standard InChI is InChI=1S/C14H20BrNO4S/c1-4-10(5-2)9(3)16-21(19,20)13-8-11(14(17)18)6-7-12(13)15/h6-10,16H,4-5H2,1-3H3,(H,17,18). The number of carboxylic acids is 1. The van der Waals surface area contributed by atoms with Crippen molar-refractivity contribution in [1.82, 2.24) is 4.72 Å². The van der Waals surface area contributed by atoms with Crippen LogP contribution in [0.3, 0.4) is 0 Å². The van der Waals surface area contributed by atoms with Gasteiger partial charge in [0.15, 0.2) is 0 Å². The first-order valence-electron chi connectivity index (χ1n) is 6.78. The molecular formula is C14H20BrNO4S. The summed E-state index contributed by atoms with van der Waals surface area (Å²) in [4.78, 5) is 10.9. The number of carbonyl (C=O) groups is 1. The topological polar surface area (TPSA) is 83.5 Å². The van der Waals surface area contributed by atoms with E-state index < -0.39 is 16.0 Å². The lowest BCUT2D eigenvalue weighted by Crippen LogP contribution is -2.37. The summed E-state index contributed by atoms with van der Waals surface area (Å²) < 4.78 is 27.9. The van der Waals surface area contributed by atoms with E-state index in [4.69, 9.17) is 5.11 Å². The van der Waals surface area contributed by atoms with Crippen molar-refractivity contribution >= 4 is 31.9 Å². The third kappa shape index (κ3) is 4.52. The Morgan fingerprint density at radius 2 is 1.90 bits per heavy atom. The van der Waals surface area contributed by atoms with Crippen LogP contribution in [-0.2, 0) is 10.0 Å². The van der Waals surface area contributed by atoms with Crippen LogP contribution in [0.4, 0.5) is 0 Å². The van der Waals surface area contributed by atoms with Crippen LogP contribution in [0.2, 0.25) is 0 Å². The second-order valence-corrected chi connectivity index (χ2v) is 7.47. The van der Waals surface area contributed by atoms with Crippen molar-refractivity contribution in [3.63, 3.8) is 0 Å². The molecule has 0 aliphatic rings. The molecule has 0 radical (unpaired) electrons. The minimum Gasteiger partial charge on any atom is -0.478 e. The van der Waals surface area contributed by atoms with E-state index in [0.29, 0.717) is 4.47 Å². The number of aromatic carboxylic acids is 1. The molecule has 7 heteroatoms. The molecule has 0 aliphatic heterocycles. The van der Waals surface area contributed by atoms with Gasteiger partial charge in [-0.15, -0.1) is 0 Å². The van der Waals surface area contributed by atoms with Gasteiger partial charge in [-0.3, -0.25) is 0 Å². The first-order chi connectivity index (χ1) is 9.72. The molecule has 0 saturated heterocycles. The third-order valence-electron chi connectivity index (χ3n) is 3.56. The Hall–Kier alpha value is -0.920. The minimum absolute atomic E-state index is 0.0554. The summed E-state index contributed by atoms with van der Waals surface area (Å²) >= 11 is 3.16. The van der Waals surface area contributed by atoms with Crippen LogP contribution in [0.5, 0.6) is 0 Å². The predicted octanol–water partition coefficient (Wildman–Crippen LogP) is 3.25. The Kier molecular flexibility index (Phi) is 6.37. The summed E-state index contributed by atoms with van der Waals surface area (Å²) in [6.45, 7) is 5.85. The largest absolute Gasteiger partial charge is 0.478 e. The second kappa shape index (κ2) is 7.38. The number of hydrogen-bond donors (Lipinski definition) is 2. The second-order valence-electron chi connectivity index (χ2n) is 4.94. The van der Waals surface area contributed by atoms with Gasteiger partial charge in [0.25, 0.3) is 0 Å². The van der Waals surface area contributed by atoms with Gasteiger partial charge in [0.05, 0.1) is 10.5 Å². The van der Waals surface area contributed by atoms with Crippen molar-refractivity contribution in [3.8, 4) is 0 Å². The van der Waals surface area contributed by atoms with E-state index in [-0.39, 0.29) is 22.4 Å². The predicted molar refractivity (Wildman–Crippen MR) is 85.0 cm³/mol. The van der Waals surface area contributed by atoms with E-state index in [1.807, 2.05) is 20.8 Å². The maximum atomic E-state index is 12.4. The van der Waals surface area contributed by atoms with Crippen LogP contribution >= 0.6 is 15.9 Å². The molecule has 2 N–H and O–H groups in total. The highest BCUT2D eigenvalue weighted by Crippen LogP contribution is 2.24. The minimum atomic E-state index is -3.77. The van der Waals surface area contributed by atoms with Gasteiger partial charge < -0.3 is 5.11 Å². The zero-order valence-corrected chi connectivity index (χ0v) is 14.7. The quantitative estimate of drug-likeness (QED) is 0.763. The maximum absolute atomic E-state index is 12.4. The third-order valence-corrected chi connectivity index (χ3v) is 6.12. The highest BCUT2D eigenvalue weighted by Gasteiger charge is 2.24. The molecule has 0 saturated carbocycles. The summed E-state index contributed by atoms with van der Waals surface area (Å²) in [6, 6.07) is 3.73. The molecule has 1 unspecified atom stereocenters. The molecule has 118 valence electrons. The van der Waals surface area contributed by atoms with Gasteiger partial charge in [0.1, 0.15) is 0 Å². The number of hydrogen-bond acceptors (Lipinski definition) is 3. The lowest BCUT2D eigenvalue weighted by atomic mass is 9.96. The molecule has 1 aromatic rings. The van der Waals surface area contributed by atoms with Crippen molar-refractivity contribution in [1.29, 1.82) is 0 Å². The van der Waals surface area contributed by atoms with Crippen molar-refractivity contribution in [3.05, 3.63) is 28.2 Å². The molecular weight excluding hydrogens is 358 g/mol. The number of sulfonamides is 1. The van der Waals surface area contributed by atoms with Crippen molar-refractivity contribution in [2.75, 3.05) is 0 Å². The Morgan fingerprint density at radius 3 is 2.38 bits per heavy atom. The fourth-order valence-corrected chi connectivity index (χ4v) is 4.54. The van der Waals surface area contributed by atoms with Gasteiger partial charge in [-0.1, -0.05) is 26.7 Å². The van der Waals surface area contributed by atoms with E-state index in [0.717, 1.165) is 18.9 Å². The first kappa shape index (κ1) is 18.1. The fraction of sp³-hybridized carbons (Fsp3) is 0.500. The van der Waals surface area contributed by atoms with Crippen LogP contribution in [0.1, 0.15) is 44.0 Å². The Bertz CT molecular complexity index is 611. The van der Waals surface area contributed by atoms with E-state index in [2.05, 4.69) is 20.7 Å². The Balaban J connectivity index is 3.13. The molecule has 0 bridgehead atoms. The summed E-state index contributed by atoms with van der Waals surface area (Å²) in [5, 5.41) is 8.98. The van der Waals surface area contributed by atoms with E-state index in [1.54, 1.807) is 0 Å². The number of nitrogens with one attached hydrogen (secondary N) is 1. The van der Waals surface area contributed by atoms with Crippen molar-refractivity contribution < 1.29 is 18.3 Å². The van der Waals surface area contributed by atoms with Gasteiger partial charge in [-0.2, -0.15) is 0 Å². The van der Waals surface area contributed by atoms with E-state index in [1.165, 1.54) is 12.1 Å². The molecule has 0 aliphatic carbocycles. The SMILES string of the molecule is CCC(CC)C(C)NS(=O)(=O)c1cc(C(=O)O)ccc1Br. The van der Waals surface area contributed by atoms with Crippen LogP contribution in [-0.4, -0.2) is 25.5 Å². The zero-order valence-electron chi connectivity index (χ0n) is 12.3. The van der Waals surface area contributed by atoms with Crippen LogP contribution < -0.4 is 4.72 Å². The smallest absolute Gasteiger partial charge is 0.335 e. The van der Waals surface area contributed by atoms with Gasteiger partial charge in [0, 0.05) is 10.5 Å². The molecule has 0 amide bonds. The normalized spacial score (nSPS) is 13.4. The van der Waals surface area contributed by atoms with Gasteiger partial charge in [0.2, 0.25) is 10.0 Å². The summed E-state index contributed by atoms with van der Waals surface area (Å²) in [5.74, 6) is -0.923. The summed E-state index contributed by atoms with van der Waals surface area (Å²) in [6.07, 6.45) is 1.74. The molecule has 21 heavy (non-hydrogen) atoms. The highest BCUT2D eigenvalue weighted by atomic mass is 79.9. The monoisotopic (exact) mass is 377 g/mol. The zero-order chi connectivity index (χ0) is 16.2. The van der Waals surface area contributed by atoms with Crippen molar-refractivity contribution in [2.45, 2.75) is 44.6 Å². The van der Waals surface area contributed by atoms with Crippen LogP contribution in [0.15, 0.2) is 27.6 Å². The first-order valence-corrected chi connectivity index (χ1v) is 9.05. The molecule has 0 spiro atoms. The summed E-state index contributed by atoms with van der Waals surface area (Å²) in [7, 11) is -3.77. The average molecular weight is 378 g/mol. The van der Waals surface area contributed by atoms with Gasteiger partial charge in [-0.05, 0) is 47.0 Å². The summed E-state index contributed by atoms with van der Waals surface area (Å²) in [5.41, 5.74) is -0.0613. The molecule has 0 fully saturated rings. The van der Waals surface area contributed by atoms with Gasteiger partial charge >= 0.3 is 5.97 Å². The fourth-order valence-electron chi connectivity index (χ4n) is 2.24. The van der Waals surface area contributed by atoms with E-state index >= 15 is 0 Å².